The maximum absolute atomic E-state index is 6.03. The molecule has 0 bridgehead atoms. The highest BCUT2D eigenvalue weighted by Gasteiger charge is 2.21. The molecule has 0 spiro atoms. The molecule has 26 heavy (non-hydrogen) atoms. The molecule has 1 aliphatic rings. The van der Waals surface area contributed by atoms with Gasteiger partial charge in [-0.3, -0.25) is 0 Å². The van der Waals surface area contributed by atoms with E-state index in [4.69, 9.17) is 4.74 Å². The lowest BCUT2D eigenvalue weighted by Gasteiger charge is -2.12. The van der Waals surface area contributed by atoms with Gasteiger partial charge in [-0.05, 0) is 62.8 Å². The quantitative estimate of drug-likeness (QED) is 0.283. The van der Waals surface area contributed by atoms with Crippen LogP contribution in [0.15, 0.2) is 34.5 Å². The number of rotatable bonds is 8. The molecule has 0 amide bonds. The third-order valence-corrected chi connectivity index (χ3v) is 5.45. The van der Waals surface area contributed by atoms with Crippen LogP contribution in [0.1, 0.15) is 30.9 Å². The molecule has 1 saturated carbocycles. The van der Waals surface area contributed by atoms with E-state index < -0.39 is 0 Å². The fraction of sp³-hybridized carbons (Fsp3) is 0.450. The summed E-state index contributed by atoms with van der Waals surface area (Å²) in [6, 6.07) is 5.87. The van der Waals surface area contributed by atoms with Gasteiger partial charge < -0.3 is 9.64 Å². The van der Waals surface area contributed by atoms with Crippen molar-refractivity contribution >= 4 is 23.8 Å². The Balaban J connectivity index is 1.72. The number of hydrogen-bond acceptors (Lipinski definition) is 5. The van der Waals surface area contributed by atoms with E-state index >= 15 is 0 Å². The van der Waals surface area contributed by atoms with E-state index in [9.17, 15) is 0 Å². The van der Waals surface area contributed by atoms with Crippen LogP contribution in [0.4, 0.5) is 5.69 Å². The van der Waals surface area contributed by atoms with E-state index in [1.165, 1.54) is 12.8 Å². The van der Waals surface area contributed by atoms with Gasteiger partial charge in [0.1, 0.15) is 5.75 Å². The summed E-state index contributed by atoms with van der Waals surface area (Å²) in [4.78, 5) is 15.5. The fourth-order valence-corrected chi connectivity index (χ4v) is 3.32. The molecule has 3 rings (SSSR count). The maximum atomic E-state index is 6.03. The van der Waals surface area contributed by atoms with Crippen molar-refractivity contribution in [2.45, 2.75) is 38.8 Å². The van der Waals surface area contributed by atoms with Gasteiger partial charge in [-0.1, -0.05) is 11.8 Å². The Labute approximate surface area is 159 Å². The number of hydrogen-bond donors (Lipinski definition) is 0. The normalized spacial score (nSPS) is 14.0. The van der Waals surface area contributed by atoms with Crippen molar-refractivity contribution in [3.8, 4) is 11.6 Å². The van der Waals surface area contributed by atoms with E-state index in [2.05, 4.69) is 28.0 Å². The molecule has 1 heterocycles. The molecule has 0 atom stereocenters. The van der Waals surface area contributed by atoms with Crippen LogP contribution < -0.4 is 4.74 Å². The first-order valence-electron chi connectivity index (χ1n) is 9.04. The average molecular weight is 371 g/mol. The van der Waals surface area contributed by atoms with Crippen LogP contribution >= 0.6 is 11.8 Å². The summed E-state index contributed by atoms with van der Waals surface area (Å²) in [5.41, 5.74) is 3.06. The van der Waals surface area contributed by atoms with Crippen LogP contribution in [0.5, 0.6) is 11.6 Å². The molecule has 1 fully saturated rings. The number of thioether (sulfide) groups is 1. The number of aromatic nitrogens is 2. The third-order valence-electron chi connectivity index (χ3n) is 4.35. The molecular weight excluding hydrogens is 344 g/mol. The standard InChI is InChI=1S/C20H26N4OS/c1-5-24(4)13-22-17-10-15(3)18(11-14(17)2)25-19-8-9-21-20(23-19)26-12-16-6-7-16/h8-11,13,16H,5-7,12H2,1-4H3. The summed E-state index contributed by atoms with van der Waals surface area (Å²) in [6.07, 6.45) is 6.30. The summed E-state index contributed by atoms with van der Waals surface area (Å²) in [6.45, 7) is 7.10. The van der Waals surface area contributed by atoms with Crippen LogP contribution in [0.2, 0.25) is 0 Å². The molecule has 0 saturated heterocycles. The van der Waals surface area contributed by atoms with Crippen LogP contribution in [0, 0.1) is 19.8 Å². The molecule has 1 aromatic heterocycles. The van der Waals surface area contributed by atoms with Crippen LogP contribution in [0.25, 0.3) is 0 Å². The van der Waals surface area contributed by atoms with Crippen molar-refractivity contribution < 1.29 is 4.74 Å². The zero-order valence-corrected chi connectivity index (χ0v) is 16.7. The summed E-state index contributed by atoms with van der Waals surface area (Å²) < 4.78 is 6.03. The Kier molecular flexibility index (Phi) is 6.14. The van der Waals surface area contributed by atoms with Crippen molar-refractivity contribution in [1.82, 2.24) is 14.9 Å². The molecule has 0 aliphatic heterocycles. The Morgan fingerprint density at radius 2 is 2.12 bits per heavy atom. The molecular formula is C20H26N4OS. The third kappa shape index (κ3) is 5.21. The maximum Gasteiger partial charge on any atom is 0.223 e. The number of ether oxygens (including phenoxy) is 1. The lowest BCUT2D eigenvalue weighted by molar-refractivity contribution is 0.452. The van der Waals surface area contributed by atoms with Crippen LogP contribution in [-0.4, -0.2) is 40.6 Å². The van der Waals surface area contributed by atoms with Gasteiger partial charge in [-0.2, -0.15) is 4.98 Å². The summed E-state index contributed by atoms with van der Waals surface area (Å²) in [5, 5.41) is 0.785. The molecule has 1 aromatic carbocycles. The molecule has 2 aromatic rings. The van der Waals surface area contributed by atoms with Gasteiger partial charge in [0.25, 0.3) is 0 Å². The van der Waals surface area contributed by atoms with E-state index in [0.717, 1.165) is 45.9 Å². The van der Waals surface area contributed by atoms with E-state index in [0.29, 0.717) is 5.88 Å². The Bertz CT molecular complexity index is 789. The zero-order valence-electron chi connectivity index (χ0n) is 15.9. The Hall–Kier alpha value is -2.08. The highest BCUT2D eigenvalue weighted by atomic mass is 32.2. The largest absolute Gasteiger partial charge is 0.439 e. The smallest absolute Gasteiger partial charge is 0.223 e. The first-order chi connectivity index (χ1) is 12.5. The van der Waals surface area contributed by atoms with Gasteiger partial charge >= 0.3 is 0 Å². The van der Waals surface area contributed by atoms with Gasteiger partial charge in [-0.15, -0.1) is 0 Å². The average Bonchev–Trinajstić information content (AvgIpc) is 3.46. The molecule has 0 N–H and O–H groups in total. The molecule has 6 heteroatoms. The molecule has 1 aliphatic carbocycles. The number of aliphatic imine (C=N–C) groups is 1. The number of nitrogens with zero attached hydrogens (tertiary/aromatic N) is 4. The second kappa shape index (κ2) is 8.54. The highest BCUT2D eigenvalue weighted by molar-refractivity contribution is 7.99. The van der Waals surface area contributed by atoms with E-state index in [1.807, 2.05) is 38.2 Å². The van der Waals surface area contributed by atoms with Crippen molar-refractivity contribution in [3.05, 3.63) is 35.5 Å². The molecule has 5 nitrogen and oxygen atoms in total. The fourth-order valence-electron chi connectivity index (χ4n) is 2.31. The Morgan fingerprint density at radius 1 is 1.31 bits per heavy atom. The second-order valence-electron chi connectivity index (χ2n) is 6.76. The summed E-state index contributed by atoms with van der Waals surface area (Å²) in [5.74, 6) is 3.34. The van der Waals surface area contributed by atoms with Gasteiger partial charge in [0.15, 0.2) is 5.16 Å². The SMILES string of the molecule is CCN(C)C=Nc1cc(C)c(Oc2ccnc(SCC3CC3)n2)cc1C. The minimum Gasteiger partial charge on any atom is -0.439 e. The van der Waals surface area contributed by atoms with Gasteiger partial charge in [0.05, 0.1) is 12.0 Å². The first kappa shape index (κ1) is 18.7. The topological polar surface area (TPSA) is 50.6 Å². The van der Waals surface area contributed by atoms with Gasteiger partial charge in [0.2, 0.25) is 5.88 Å². The summed E-state index contributed by atoms with van der Waals surface area (Å²) >= 11 is 1.71. The molecule has 0 unspecified atom stereocenters. The van der Waals surface area contributed by atoms with Crippen molar-refractivity contribution in [2.75, 3.05) is 19.3 Å². The lowest BCUT2D eigenvalue weighted by atomic mass is 10.1. The van der Waals surface area contributed by atoms with Crippen LogP contribution in [0.3, 0.4) is 0 Å². The first-order valence-corrected chi connectivity index (χ1v) is 10.0. The minimum atomic E-state index is 0.586. The highest BCUT2D eigenvalue weighted by Crippen LogP contribution is 2.35. The molecule has 138 valence electrons. The van der Waals surface area contributed by atoms with Crippen molar-refractivity contribution in [3.63, 3.8) is 0 Å². The van der Waals surface area contributed by atoms with Gasteiger partial charge in [0, 0.05) is 31.6 Å². The monoisotopic (exact) mass is 370 g/mol. The lowest BCUT2D eigenvalue weighted by Crippen LogP contribution is -2.14. The predicted molar refractivity (Wildman–Crippen MR) is 108 cm³/mol. The number of benzene rings is 1. The van der Waals surface area contributed by atoms with E-state index in [1.54, 1.807) is 24.0 Å². The van der Waals surface area contributed by atoms with Crippen molar-refractivity contribution in [2.24, 2.45) is 10.9 Å². The molecule has 0 radical (unpaired) electrons. The summed E-state index contributed by atoms with van der Waals surface area (Å²) in [7, 11) is 2.01. The van der Waals surface area contributed by atoms with Crippen LogP contribution in [-0.2, 0) is 0 Å². The predicted octanol–water partition coefficient (Wildman–Crippen LogP) is 5.00. The van der Waals surface area contributed by atoms with Gasteiger partial charge in [-0.25, -0.2) is 9.98 Å². The number of aryl methyl sites for hydroxylation is 2. The minimum absolute atomic E-state index is 0.586. The Morgan fingerprint density at radius 3 is 2.85 bits per heavy atom. The van der Waals surface area contributed by atoms with E-state index in [-0.39, 0.29) is 0 Å². The zero-order chi connectivity index (χ0) is 18.5. The second-order valence-corrected chi connectivity index (χ2v) is 7.74. The van der Waals surface area contributed by atoms with Crippen molar-refractivity contribution in [1.29, 1.82) is 0 Å².